The number of hydrogen-bond donors (Lipinski definition) is 1. The predicted molar refractivity (Wildman–Crippen MR) is 206 cm³/mol. The van der Waals surface area contributed by atoms with Crippen LogP contribution in [0.1, 0.15) is 79.7 Å². The summed E-state index contributed by atoms with van der Waals surface area (Å²) >= 11 is 0. The predicted octanol–water partition coefficient (Wildman–Crippen LogP) is 11.1. The van der Waals surface area contributed by atoms with E-state index in [2.05, 4.69) is 128 Å². The monoisotopic (exact) mass is 640 g/mol. The van der Waals surface area contributed by atoms with Crippen LogP contribution in [0.15, 0.2) is 121 Å². The fraction of sp³-hybridized carbons (Fsp3) is 0.234. The molecule has 2 heteroatoms. The average Bonchev–Trinajstić information content (AvgIpc) is 3.15. The summed E-state index contributed by atoms with van der Waals surface area (Å²) in [4.78, 5) is 0. The first-order valence-electron chi connectivity index (χ1n) is 17.7. The second-order valence-electron chi connectivity index (χ2n) is 12.6. The number of benzene rings is 6. The molecule has 0 fully saturated rings. The first-order chi connectivity index (χ1) is 24.2. The van der Waals surface area contributed by atoms with Crippen LogP contribution in [0.3, 0.4) is 0 Å². The highest BCUT2D eigenvalue weighted by molar-refractivity contribution is 6.09. The van der Waals surface area contributed by atoms with Crippen molar-refractivity contribution < 1.29 is 9.84 Å². The zero-order chi connectivity index (χ0) is 33.7. The Morgan fingerprint density at radius 2 is 0.980 bits per heavy atom. The smallest absolute Gasteiger partial charge is 0.119 e. The molecule has 0 saturated carbocycles. The van der Waals surface area contributed by atoms with Crippen LogP contribution < -0.4 is 4.74 Å². The van der Waals surface area contributed by atoms with E-state index in [0.717, 1.165) is 81.7 Å². The van der Waals surface area contributed by atoms with Gasteiger partial charge in [0.1, 0.15) is 5.75 Å². The highest BCUT2D eigenvalue weighted by Gasteiger charge is 2.11. The maximum absolute atomic E-state index is 8.93. The Bertz CT molecular complexity index is 2040. The molecule has 0 saturated heterocycles. The molecule has 0 bridgehead atoms. The van der Waals surface area contributed by atoms with E-state index in [1.54, 1.807) is 0 Å². The zero-order valence-electron chi connectivity index (χ0n) is 28.5. The summed E-state index contributed by atoms with van der Waals surface area (Å²) in [6.45, 7) is 3.19. The highest BCUT2D eigenvalue weighted by atomic mass is 16.5. The average molecular weight is 641 g/mol. The van der Waals surface area contributed by atoms with Crippen LogP contribution in [0.2, 0.25) is 0 Å². The third-order valence-electron chi connectivity index (χ3n) is 9.01. The van der Waals surface area contributed by atoms with E-state index < -0.39 is 0 Å². The van der Waals surface area contributed by atoms with Gasteiger partial charge in [0.15, 0.2) is 0 Å². The van der Waals surface area contributed by atoms with Crippen LogP contribution in [0.25, 0.3) is 32.7 Å². The number of aliphatic hydroxyl groups is 1. The molecule has 244 valence electrons. The summed E-state index contributed by atoms with van der Waals surface area (Å²) in [6.07, 6.45) is 8.89. The molecule has 0 radical (unpaired) electrons. The number of rotatable bonds is 12. The van der Waals surface area contributed by atoms with Gasteiger partial charge in [-0.1, -0.05) is 135 Å². The third kappa shape index (κ3) is 8.80. The van der Waals surface area contributed by atoms with Crippen molar-refractivity contribution in [3.63, 3.8) is 0 Å². The van der Waals surface area contributed by atoms with Crippen molar-refractivity contribution in [2.75, 3.05) is 13.2 Å². The van der Waals surface area contributed by atoms with E-state index >= 15 is 0 Å². The molecule has 0 aliphatic carbocycles. The second kappa shape index (κ2) is 17.2. The summed E-state index contributed by atoms with van der Waals surface area (Å²) in [5.74, 6) is 14.8. The van der Waals surface area contributed by atoms with Crippen LogP contribution in [-0.2, 0) is 6.42 Å². The number of aryl methyl sites for hydroxylation is 1. The Hall–Kier alpha value is -5.28. The Balaban J connectivity index is 1.23. The minimum Gasteiger partial charge on any atom is -0.494 e. The first-order valence-corrected chi connectivity index (χ1v) is 17.7. The van der Waals surface area contributed by atoms with Crippen molar-refractivity contribution in [3.8, 4) is 40.6 Å². The van der Waals surface area contributed by atoms with Gasteiger partial charge in [-0.25, -0.2) is 0 Å². The lowest BCUT2D eigenvalue weighted by atomic mass is 9.91. The fourth-order valence-electron chi connectivity index (χ4n) is 6.25. The zero-order valence-corrected chi connectivity index (χ0v) is 28.5. The summed E-state index contributed by atoms with van der Waals surface area (Å²) < 4.78 is 5.91. The Labute approximate surface area is 291 Å². The molecule has 6 rings (SSSR count). The number of aliphatic hydroxyl groups excluding tert-OH is 1. The van der Waals surface area contributed by atoms with Gasteiger partial charge in [-0.2, -0.15) is 0 Å². The van der Waals surface area contributed by atoms with Crippen molar-refractivity contribution >= 4 is 21.5 Å². The standard InChI is InChI=1S/C47H44O2/c1-2-3-6-13-36-18-26-39(27-19-36)40-28-20-37(21-29-40)24-32-46-42-14-7-9-16-44(42)47(45-17-10-8-15-43(45)46)33-25-38-22-30-41(31-23-38)49-35-12-5-4-11-34-48/h7-10,14-23,26-31,48H,2-6,11-13,34-35H2,1H3. The Morgan fingerprint density at radius 1 is 0.490 bits per heavy atom. The van der Waals surface area contributed by atoms with E-state index in [9.17, 15) is 0 Å². The van der Waals surface area contributed by atoms with Crippen molar-refractivity contribution in [1.29, 1.82) is 0 Å². The molecular weight excluding hydrogens is 597 g/mol. The molecule has 1 N–H and O–H groups in total. The SMILES string of the molecule is CCCCCc1ccc(-c2ccc(C#Cc3c4ccccc4c(C#Cc4ccc(OCCCCCCO)cc4)c4ccccc34)cc2)cc1. The lowest BCUT2D eigenvalue weighted by molar-refractivity contribution is 0.273. The van der Waals surface area contributed by atoms with E-state index in [0.29, 0.717) is 6.61 Å². The van der Waals surface area contributed by atoms with Crippen molar-refractivity contribution in [1.82, 2.24) is 0 Å². The Morgan fingerprint density at radius 3 is 1.49 bits per heavy atom. The van der Waals surface area contributed by atoms with Gasteiger partial charge < -0.3 is 9.84 Å². The number of unbranched alkanes of at least 4 members (excludes halogenated alkanes) is 5. The minimum atomic E-state index is 0.262. The lowest BCUT2D eigenvalue weighted by Crippen LogP contribution is -1.97. The molecule has 2 nitrogen and oxygen atoms in total. The molecule has 0 aliphatic heterocycles. The van der Waals surface area contributed by atoms with E-state index in [1.165, 1.54) is 36.0 Å². The molecule has 0 aliphatic rings. The molecule has 6 aromatic rings. The second-order valence-corrected chi connectivity index (χ2v) is 12.6. The summed E-state index contributed by atoms with van der Waals surface area (Å²) in [5.41, 5.74) is 7.83. The molecule has 0 atom stereocenters. The van der Waals surface area contributed by atoms with Gasteiger partial charge in [0.05, 0.1) is 6.61 Å². The lowest BCUT2D eigenvalue weighted by Gasteiger charge is -2.10. The van der Waals surface area contributed by atoms with E-state index in [-0.39, 0.29) is 6.61 Å². The maximum Gasteiger partial charge on any atom is 0.119 e. The van der Waals surface area contributed by atoms with E-state index in [4.69, 9.17) is 9.84 Å². The third-order valence-corrected chi connectivity index (χ3v) is 9.01. The molecule has 0 aromatic heterocycles. The van der Waals surface area contributed by atoms with Crippen LogP contribution >= 0.6 is 0 Å². The molecule has 0 heterocycles. The Kier molecular flexibility index (Phi) is 11.8. The van der Waals surface area contributed by atoms with Gasteiger partial charge in [0.25, 0.3) is 0 Å². The molecule has 0 amide bonds. The molecule has 0 unspecified atom stereocenters. The minimum absolute atomic E-state index is 0.262. The number of hydrogen-bond acceptors (Lipinski definition) is 2. The topological polar surface area (TPSA) is 29.5 Å². The van der Waals surface area contributed by atoms with Gasteiger partial charge in [-0.05, 0) is 107 Å². The van der Waals surface area contributed by atoms with Gasteiger partial charge in [0, 0.05) is 28.9 Å². The molecule has 0 spiro atoms. The normalized spacial score (nSPS) is 10.7. The molecular formula is C47H44O2. The van der Waals surface area contributed by atoms with Gasteiger partial charge in [0.2, 0.25) is 0 Å². The van der Waals surface area contributed by atoms with Crippen LogP contribution in [0.5, 0.6) is 5.75 Å². The number of fused-ring (bicyclic) bond motifs is 2. The van der Waals surface area contributed by atoms with E-state index in [1.807, 2.05) is 24.3 Å². The highest BCUT2D eigenvalue weighted by Crippen LogP contribution is 2.32. The van der Waals surface area contributed by atoms with Crippen molar-refractivity contribution in [3.05, 3.63) is 149 Å². The largest absolute Gasteiger partial charge is 0.494 e. The summed E-state index contributed by atoms with van der Waals surface area (Å²) in [5, 5.41) is 13.4. The molecule has 6 aromatic carbocycles. The first kappa shape index (κ1) is 33.6. The van der Waals surface area contributed by atoms with Crippen LogP contribution in [0, 0.1) is 23.7 Å². The van der Waals surface area contributed by atoms with Crippen LogP contribution in [-0.4, -0.2) is 18.3 Å². The number of ether oxygens (including phenoxy) is 1. The fourth-order valence-corrected chi connectivity index (χ4v) is 6.25. The molecule has 49 heavy (non-hydrogen) atoms. The maximum atomic E-state index is 8.93. The quantitative estimate of drug-likeness (QED) is 0.0819. The summed E-state index contributed by atoms with van der Waals surface area (Å²) in [7, 11) is 0. The van der Waals surface area contributed by atoms with Crippen molar-refractivity contribution in [2.45, 2.75) is 58.3 Å². The van der Waals surface area contributed by atoms with Gasteiger partial charge in [-0.3, -0.25) is 0 Å². The van der Waals surface area contributed by atoms with Crippen molar-refractivity contribution in [2.24, 2.45) is 0 Å². The van der Waals surface area contributed by atoms with Gasteiger partial charge in [-0.15, -0.1) is 0 Å². The van der Waals surface area contributed by atoms with Gasteiger partial charge >= 0.3 is 0 Å². The summed E-state index contributed by atoms with van der Waals surface area (Å²) in [6, 6.07) is 42.5. The van der Waals surface area contributed by atoms with Crippen LogP contribution in [0.4, 0.5) is 0 Å².